The predicted molar refractivity (Wildman–Crippen MR) is 10.9 cm³/mol. The van der Waals surface area contributed by atoms with Gasteiger partial charge >= 0.3 is 26.5 Å². The van der Waals surface area contributed by atoms with Crippen molar-refractivity contribution < 1.29 is 53.0 Å². The molecule has 0 spiro atoms. The predicted octanol–water partition coefficient (Wildman–Crippen LogP) is 1.18. The molecule has 0 unspecified atom stereocenters. The molecule has 0 bridgehead atoms. The quantitative estimate of drug-likeness (QED) is 0.442. The van der Waals surface area contributed by atoms with E-state index < -0.39 is 7.25 Å². The number of rotatable bonds is 0. The van der Waals surface area contributed by atoms with Gasteiger partial charge in [0.1, 0.15) is 0 Å². The summed E-state index contributed by atoms with van der Waals surface area (Å²) in [5.74, 6) is 0. The summed E-state index contributed by atoms with van der Waals surface area (Å²) in [7, 11) is -6.00. The first kappa shape index (κ1) is 15.8. The van der Waals surface area contributed by atoms with Gasteiger partial charge in [-0.05, 0) is 0 Å². The fourth-order valence-electron chi connectivity index (χ4n) is 0. The van der Waals surface area contributed by atoms with Crippen molar-refractivity contribution in [1.82, 2.24) is 0 Å². The van der Waals surface area contributed by atoms with E-state index in [1.54, 1.807) is 0 Å². The van der Waals surface area contributed by atoms with Crippen LogP contribution in [0.15, 0.2) is 0 Å². The molecule has 0 aromatic rings. The summed E-state index contributed by atoms with van der Waals surface area (Å²) in [4.78, 5) is 0. The van der Waals surface area contributed by atoms with Gasteiger partial charge in [0, 0.05) is 16.5 Å². The van der Waals surface area contributed by atoms with Crippen molar-refractivity contribution in [1.29, 1.82) is 0 Å². The summed E-state index contributed by atoms with van der Waals surface area (Å²) in [6.07, 6.45) is 0. The van der Waals surface area contributed by atoms with Crippen molar-refractivity contribution in [3.05, 3.63) is 0 Å². The zero-order valence-electron chi connectivity index (χ0n) is 3.13. The van der Waals surface area contributed by atoms with E-state index in [4.69, 9.17) is 3.90 Å². The third-order valence-electron chi connectivity index (χ3n) is 0. The van der Waals surface area contributed by atoms with Gasteiger partial charge in [0.15, 0.2) is 0 Å². The Bertz CT molecular complexity index is 37.8. The van der Waals surface area contributed by atoms with E-state index in [1.807, 2.05) is 0 Å². The van der Waals surface area contributed by atoms with E-state index in [9.17, 15) is 17.3 Å². The molecule has 8 heteroatoms. The molecule has 0 amide bonds. The number of halogens is 4. The molecule has 0 aliphatic carbocycles. The minimum absolute atomic E-state index is 0. The third kappa shape index (κ3) is 624. The summed E-state index contributed by atoms with van der Waals surface area (Å²) in [6, 6.07) is 0. The van der Waals surface area contributed by atoms with E-state index in [0.717, 1.165) is 0 Å². The van der Waals surface area contributed by atoms with Crippen LogP contribution in [0.3, 0.4) is 0 Å². The zero-order valence-corrected chi connectivity index (χ0v) is 5.11. The summed E-state index contributed by atoms with van der Waals surface area (Å²) < 4.78 is 46.9. The second-order valence-electron chi connectivity index (χ2n) is 0.495. The number of hydrogen-bond donors (Lipinski definition) is 0. The first-order valence-electron chi connectivity index (χ1n) is 1.00. The molecule has 0 saturated heterocycles. The van der Waals surface area contributed by atoms with Crippen LogP contribution in [0.1, 0.15) is 0 Å². The maximum absolute atomic E-state index is 9.75. The van der Waals surface area contributed by atoms with E-state index >= 15 is 0 Å². The molecule has 0 aliphatic rings. The van der Waals surface area contributed by atoms with Crippen LogP contribution in [0.25, 0.3) is 0 Å². The molecule has 0 saturated carbocycles. The Morgan fingerprint density at radius 2 is 1.00 bits per heavy atom. The van der Waals surface area contributed by atoms with Crippen LogP contribution in [-0.4, -0.2) is 7.25 Å². The first-order chi connectivity index (χ1) is 3.00. The molecular formula is BF4Ni2O-. The molecule has 8 heavy (non-hydrogen) atoms. The molecular weight excluding hydrogens is 220 g/mol. The van der Waals surface area contributed by atoms with Gasteiger partial charge in [-0.15, -0.1) is 0 Å². The summed E-state index contributed by atoms with van der Waals surface area (Å²) in [5, 5.41) is 0. The van der Waals surface area contributed by atoms with Gasteiger partial charge in [0.2, 0.25) is 0 Å². The van der Waals surface area contributed by atoms with Gasteiger partial charge in [0.05, 0.1) is 0 Å². The SMILES string of the molecule is F[B-](F)(F)F.[Ni].[O]=[Ni]. The van der Waals surface area contributed by atoms with Gasteiger partial charge in [0.25, 0.3) is 0 Å². The van der Waals surface area contributed by atoms with Crippen molar-refractivity contribution in [3.8, 4) is 0 Å². The Morgan fingerprint density at radius 3 is 1.00 bits per heavy atom. The molecule has 0 N–H and O–H groups in total. The molecule has 58 valence electrons. The van der Waals surface area contributed by atoms with Crippen LogP contribution in [0, 0.1) is 0 Å². The molecule has 0 radical (unpaired) electrons. The molecule has 0 heterocycles. The summed E-state index contributed by atoms with van der Waals surface area (Å²) >= 11 is 2.62. The van der Waals surface area contributed by atoms with Crippen LogP contribution in [0.5, 0.6) is 0 Å². The van der Waals surface area contributed by atoms with Crippen LogP contribution in [0.4, 0.5) is 17.3 Å². The molecule has 0 atom stereocenters. The summed E-state index contributed by atoms with van der Waals surface area (Å²) in [5.41, 5.74) is 0. The average Bonchev–Trinajstić information content (AvgIpc) is 1.36. The Hall–Kier alpha value is 0.572. The normalized spacial score (nSPS) is 8.25. The molecule has 0 aromatic carbocycles. The molecule has 0 aliphatic heterocycles. The van der Waals surface area contributed by atoms with Crippen LogP contribution in [-0.2, 0) is 35.8 Å². The van der Waals surface area contributed by atoms with E-state index in [-0.39, 0.29) is 16.5 Å². The molecule has 0 aromatic heterocycles. The Labute approximate surface area is 60.8 Å². The average molecular weight is 220 g/mol. The van der Waals surface area contributed by atoms with Gasteiger partial charge in [-0.25, -0.2) is 0 Å². The van der Waals surface area contributed by atoms with E-state index in [1.165, 1.54) is 0 Å². The second-order valence-corrected chi connectivity index (χ2v) is 0.495. The van der Waals surface area contributed by atoms with Gasteiger partial charge in [-0.3, -0.25) is 0 Å². The standard InChI is InChI=1S/BF4.2Ni.O/c2-1(3,4)5;;;/q-1;;;. The molecule has 0 rings (SSSR count). The molecule has 1 nitrogen and oxygen atoms in total. The van der Waals surface area contributed by atoms with Crippen molar-refractivity contribution >= 4 is 7.25 Å². The Balaban J connectivity index is -0.0000000750. The van der Waals surface area contributed by atoms with Crippen molar-refractivity contribution in [3.63, 3.8) is 0 Å². The van der Waals surface area contributed by atoms with Gasteiger partial charge < -0.3 is 17.3 Å². The van der Waals surface area contributed by atoms with Crippen LogP contribution in [0.2, 0.25) is 0 Å². The van der Waals surface area contributed by atoms with Crippen molar-refractivity contribution in [2.24, 2.45) is 0 Å². The maximum atomic E-state index is 9.75. The van der Waals surface area contributed by atoms with E-state index in [2.05, 4.69) is 15.4 Å². The van der Waals surface area contributed by atoms with Crippen LogP contribution < -0.4 is 0 Å². The fraction of sp³-hybridized carbons (Fsp3) is 0. The number of hydrogen-bond acceptors (Lipinski definition) is 1. The Kier molecular flexibility index (Phi) is 15.0. The second kappa shape index (κ2) is 7.57. The van der Waals surface area contributed by atoms with Crippen LogP contribution >= 0.6 is 0 Å². The Morgan fingerprint density at radius 1 is 1.00 bits per heavy atom. The minimum atomic E-state index is -6.00. The van der Waals surface area contributed by atoms with Crippen molar-refractivity contribution in [2.45, 2.75) is 0 Å². The molecule has 0 fully saturated rings. The zero-order chi connectivity index (χ0) is 6.50. The van der Waals surface area contributed by atoms with Crippen molar-refractivity contribution in [2.75, 3.05) is 0 Å². The van der Waals surface area contributed by atoms with E-state index in [0.29, 0.717) is 0 Å². The third-order valence-corrected chi connectivity index (χ3v) is 0. The first-order valence-corrected chi connectivity index (χ1v) is 1.41. The van der Waals surface area contributed by atoms with Gasteiger partial charge in [-0.2, -0.15) is 0 Å². The summed E-state index contributed by atoms with van der Waals surface area (Å²) in [6.45, 7) is 0. The van der Waals surface area contributed by atoms with Gasteiger partial charge in [-0.1, -0.05) is 0 Å². The monoisotopic (exact) mass is 219 g/mol. The fourth-order valence-corrected chi connectivity index (χ4v) is 0. The topological polar surface area (TPSA) is 17.1 Å².